The standard InChI is InChI=1S/C22H22N4O3/c1-29-18-9-5-3-7-15(18)12-23-21(27)19-20(25-13-24-19)22(28)26-17-11-10-14-6-2-4-8-16(14)17/h2-9,13,17H,10-12H2,1H3,(H,23,27)(H,24,25)(H,26,28)/t17-/m0/s1. The lowest BCUT2D eigenvalue weighted by Crippen LogP contribution is -2.31. The zero-order chi connectivity index (χ0) is 20.2. The summed E-state index contributed by atoms with van der Waals surface area (Å²) in [5.74, 6) is -0.0731. The van der Waals surface area contributed by atoms with Gasteiger partial charge >= 0.3 is 0 Å². The molecule has 1 aromatic heterocycles. The number of methoxy groups -OCH3 is 1. The lowest BCUT2D eigenvalue weighted by atomic mass is 10.1. The molecule has 7 nitrogen and oxygen atoms in total. The van der Waals surface area contributed by atoms with Crippen molar-refractivity contribution in [3.8, 4) is 5.75 Å². The molecule has 3 aromatic rings. The van der Waals surface area contributed by atoms with E-state index in [9.17, 15) is 9.59 Å². The Balaban J connectivity index is 1.44. The van der Waals surface area contributed by atoms with Gasteiger partial charge in [-0.3, -0.25) is 9.59 Å². The minimum atomic E-state index is -0.398. The molecule has 3 N–H and O–H groups in total. The fraction of sp³-hybridized carbons (Fsp3) is 0.227. The van der Waals surface area contributed by atoms with Crippen LogP contribution >= 0.6 is 0 Å². The Labute approximate surface area is 168 Å². The van der Waals surface area contributed by atoms with Gasteiger partial charge in [0.1, 0.15) is 11.4 Å². The van der Waals surface area contributed by atoms with Gasteiger partial charge in [0.25, 0.3) is 11.8 Å². The second-order valence-electron chi connectivity index (χ2n) is 6.88. The fourth-order valence-electron chi connectivity index (χ4n) is 3.69. The smallest absolute Gasteiger partial charge is 0.272 e. The lowest BCUT2D eigenvalue weighted by Gasteiger charge is -2.14. The number of aromatic nitrogens is 2. The van der Waals surface area contributed by atoms with Crippen LogP contribution in [0.15, 0.2) is 54.9 Å². The van der Waals surface area contributed by atoms with Crippen LogP contribution in [0.25, 0.3) is 0 Å². The number of nitrogens with one attached hydrogen (secondary N) is 3. The molecule has 1 aliphatic carbocycles. The topological polar surface area (TPSA) is 96.1 Å². The van der Waals surface area contributed by atoms with Crippen LogP contribution in [0.1, 0.15) is 50.1 Å². The number of H-pyrrole nitrogens is 1. The minimum Gasteiger partial charge on any atom is -0.496 e. The summed E-state index contributed by atoms with van der Waals surface area (Å²) in [6.07, 6.45) is 3.12. The van der Waals surface area contributed by atoms with Crippen LogP contribution in [0.5, 0.6) is 5.75 Å². The molecule has 0 radical (unpaired) electrons. The van der Waals surface area contributed by atoms with Crippen LogP contribution in [0.2, 0.25) is 0 Å². The van der Waals surface area contributed by atoms with Gasteiger partial charge in [0.15, 0.2) is 5.69 Å². The van der Waals surface area contributed by atoms with E-state index >= 15 is 0 Å². The number of benzene rings is 2. The molecule has 0 aliphatic heterocycles. The molecule has 0 saturated carbocycles. The molecule has 0 fully saturated rings. The van der Waals surface area contributed by atoms with Crippen molar-refractivity contribution in [1.29, 1.82) is 0 Å². The normalized spacial score (nSPS) is 14.9. The van der Waals surface area contributed by atoms with E-state index < -0.39 is 5.91 Å². The molecule has 1 heterocycles. The number of carbonyl (C=O) groups is 2. The van der Waals surface area contributed by atoms with Crippen LogP contribution in [-0.4, -0.2) is 28.9 Å². The molecule has 0 bridgehead atoms. The summed E-state index contributed by atoms with van der Waals surface area (Å²) in [5.41, 5.74) is 3.44. The summed E-state index contributed by atoms with van der Waals surface area (Å²) in [4.78, 5) is 32.3. The number of fused-ring (bicyclic) bond motifs is 1. The quantitative estimate of drug-likeness (QED) is 0.603. The SMILES string of the molecule is COc1ccccc1CNC(=O)c1[nH]cnc1C(=O)N[C@H]1CCc2ccccc21. The van der Waals surface area contributed by atoms with E-state index in [1.165, 1.54) is 11.9 Å². The van der Waals surface area contributed by atoms with Crippen LogP contribution < -0.4 is 15.4 Å². The molecule has 0 unspecified atom stereocenters. The lowest BCUT2D eigenvalue weighted by molar-refractivity contribution is 0.0903. The average Bonchev–Trinajstić information content (AvgIpc) is 3.40. The number of aromatic amines is 1. The van der Waals surface area contributed by atoms with Crippen molar-refractivity contribution < 1.29 is 14.3 Å². The number of hydrogen-bond donors (Lipinski definition) is 3. The number of amides is 2. The van der Waals surface area contributed by atoms with Gasteiger partial charge in [-0.25, -0.2) is 4.98 Å². The molecular formula is C22H22N4O3. The molecule has 29 heavy (non-hydrogen) atoms. The second kappa shape index (κ2) is 8.18. The van der Waals surface area contributed by atoms with Gasteiger partial charge in [0.05, 0.1) is 19.5 Å². The van der Waals surface area contributed by atoms with Crippen molar-refractivity contribution in [3.63, 3.8) is 0 Å². The van der Waals surface area contributed by atoms with Gasteiger partial charge in [0, 0.05) is 12.1 Å². The number of para-hydroxylation sites is 1. The van der Waals surface area contributed by atoms with Crippen molar-refractivity contribution >= 4 is 11.8 Å². The number of aryl methyl sites for hydroxylation is 1. The molecule has 0 saturated heterocycles. The molecule has 4 rings (SSSR count). The Bertz CT molecular complexity index is 1040. The highest BCUT2D eigenvalue weighted by molar-refractivity contribution is 6.04. The third-order valence-corrected chi connectivity index (χ3v) is 5.15. The van der Waals surface area contributed by atoms with Crippen molar-refractivity contribution in [2.75, 3.05) is 7.11 Å². The summed E-state index contributed by atoms with van der Waals surface area (Å²) >= 11 is 0. The number of imidazole rings is 1. The van der Waals surface area contributed by atoms with Gasteiger partial charge < -0.3 is 20.4 Å². The second-order valence-corrected chi connectivity index (χ2v) is 6.88. The van der Waals surface area contributed by atoms with E-state index in [-0.39, 0.29) is 29.9 Å². The third-order valence-electron chi connectivity index (χ3n) is 5.15. The number of hydrogen-bond acceptors (Lipinski definition) is 4. The first kappa shape index (κ1) is 18.7. The minimum absolute atomic E-state index is 0.0695. The van der Waals surface area contributed by atoms with Gasteiger partial charge in [-0.2, -0.15) is 0 Å². The summed E-state index contributed by atoms with van der Waals surface area (Å²) < 4.78 is 5.30. The van der Waals surface area contributed by atoms with Gasteiger partial charge in [0.2, 0.25) is 0 Å². The summed E-state index contributed by atoms with van der Waals surface area (Å²) in [5, 5.41) is 5.81. The zero-order valence-corrected chi connectivity index (χ0v) is 16.1. The Morgan fingerprint density at radius 3 is 2.79 bits per heavy atom. The zero-order valence-electron chi connectivity index (χ0n) is 16.1. The fourth-order valence-corrected chi connectivity index (χ4v) is 3.69. The highest BCUT2D eigenvalue weighted by atomic mass is 16.5. The Morgan fingerprint density at radius 2 is 1.93 bits per heavy atom. The van der Waals surface area contributed by atoms with Crippen molar-refractivity contribution in [1.82, 2.24) is 20.6 Å². The predicted octanol–water partition coefficient (Wildman–Crippen LogP) is 2.77. The van der Waals surface area contributed by atoms with E-state index in [4.69, 9.17) is 4.74 Å². The van der Waals surface area contributed by atoms with Crippen LogP contribution in [0.4, 0.5) is 0 Å². The molecule has 148 valence electrons. The van der Waals surface area contributed by atoms with E-state index in [1.807, 2.05) is 42.5 Å². The van der Waals surface area contributed by atoms with Crippen molar-refractivity contribution in [3.05, 3.63) is 82.9 Å². The monoisotopic (exact) mass is 390 g/mol. The van der Waals surface area contributed by atoms with E-state index in [0.29, 0.717) is 5.75 Å². The molecule has 7 heteroatoms. The number of carbonyl (C=O) groups excluding carboxylic acids is 2. The molecule has 2 amide bonds. The molecule has 1 atom stereocenters. The molecule has 2 aromatic carbocycles. The summed E-state index contributed by atoms with van der Waals surface area (Å²) in [7, 11) is 1.58. The first-order valence-electron chi connectivity index (χ1n) is 9.49. The largest absolute Gasteiger partial charge is 0.496 e. The molecule has 0 spiro atoms. The maximum absolute atomic E-state index is 12.8. The summed E-state index contributed by atoms with van der Waals surface area (Å²) in [6.45, 7) is 0.277. The average molecular weight is 390 g/mol. The number of ether oxygens (including phenoxy) is 1. The van der Waals surface area contributed by atoms with E-state index in [1.54, 1.807) is 7.11 Å². The maximum atomic E-state index is 12.8. The van der Waals surface area contributed by atoms with Crippen LogP contribution in [-0.2, 0) is 13.0 Å². The van der Waals surface area contributed by atoms with E-state index in [2.05, 4.69) is 26.7 Å². The summed E-state index contributed by atoms with van der Waals surface area (Å²) in [6, 6.07) is 15.4. The third kappa shape index (κ3) is 3.85. The van der Waals surface area contributed by atoms with Crippen LogP contribution in [0.3, 0.4) is 0 Å². The van der Waals surface area contributed by atoms with Crippen molar-refractivity contribution in [2.24, 2.45) is 0 Å². The van der Waals surface area contributed by atoms with Crippen molar-refractivity contribution in [2.45, 2.75) is 25.4 Å². The van der Waals surface area contributed by atoms with Crippen LogP contribution in [0, 0.1) is 0 Å². The Kier molecular flexibility index (Phi) is 5.29. The van der Waals surface area contributed by atoms with Gasteiger partial charge in [-0.15, -0.1) is 0 Å². The van der Waals surface area contributed by atoms with Gasteiger partial charge in [-0.1, -0.05) is 42.5 Å². The number of rotatable bonds is 6. The Hall–Kier alpha value is -3.61. The first-order valence-corrected chi connectivity index (χ1v) is 9.49. The highest BCUT2D eigenvalue weighted by Crippen LogP contribution is 2.30. The first-order chi connectivity index (χ1) is 14.2. The van der Waals surface area contributed by atoms with Gasteiger partial charge in [-0.05, 0) is 30.0 Å². The predicted molar refractivity (Wildman–Crippen MR) is 108 cm³/mol. The van der Waals surface area contributed by atoms with E-state index in [0.717, 1.165) is 24.0 Å². The molecule has 1 aliphatic rings. The number of nitrogens with zero attached hydrogens (tertiary/aromatic N) is 1. The molecular weight excluding hydrogens is 368 g/mol. The Morgan fingerprint density at radius 1 is 1.14 bits per heavy atom. The highest BCUT2D eigenvalue weighted by Gasteiger charge is 2.27. The maximum Gasteiger partial charge on any atom is 0.272 e.